The van der Waals surface area contributed by atoms with E-state index in [1.165, 1.54) is 0 Å². The Kier molecular flexibility index (Phi) is 5.13. The number of anilines is 1. The van der Waals surface area contributed by atoms with Crippen molar-refractivity contribution >= 4 is 39.3 Å². The van der Waals surface area contributed by atoms with Gasteiger partial charge in [-0.25, -0.2) is 0 Å². The molecule has 3 amide bonds. The van der Waals surface area contributed by atoms with E-state index in [-0.39, 0.29) is 36.0 Å². The van der Waals surface area contributed by atoms with Crippen LogP contribution in [-0.2, 0) is 14.4 Å². The highest BCUT2D eigenvalue weighted by atomic mass is 79.9. The lowest BCUT2D eigenvalue weighted by atomic mass is 9.95. The minimum absolute atomic E-state index is 0.00704. The molecule has 0 saturated carbocycles. The fourth-order valence-corrected chi connectivity index (χ4v) is 3.81. The second-order valence-corrected chi connectivity index (χ2v) is 7.70. The molecule has 7 heteroatoms. The van der Waals surface area contributed by atoms with Gasteiger partial charge in [-0.2, -0.15) is 0 Å². The summed E-state index contributed by atoms with van der Waals surface area (Å²) in [6, 6.07) is 5.76. The van der Waals surface area contributed by atoms with Crippen molar-refractivity contribution in [2.45, 2.75) is 26.2 Å². The lowest BCUT2D eigenvalue weighted by Crippen LogP contribution is -2.44. The molecule has 0 aliphatic carbocycles. The van der Waals surface area contributed by atoms with E-state index in [0.717, 1.165) is 15.7 Å². The third kappa shape index (κ3) is 3.71. The second-order valence-electron chi connectivity index (χ2n) is 6.84. The van der Waals surface area contributed by atoms with Crippen LogP contribution < -0.4 is 10.6 Å². The van der Waals surface area contributed by atoms with Crippen molar-refractivity contribution in [1.29, 1.82) is 0 Å². The summed E-state index contributed by atoms with van der Waals surface area (Å²) in [4.78, 5) is 39.8. The normalized spacial score (nSPS) is 21.7. The number of rotatable bonds is 3. The van der Waals surface area contributed by atoms with Gasteiger partial charge in [-0.1, -0.05) is 15.9 Å². The molecule has 2 heterocycles. The first-order chi connectivity index (χ1) is 11.9. The monoisotopic (exact) mass is 407 g/mol. The minimum Gasteiger partial charge on any atom is -0.369 e. The number of piperidine rings is 1. The van der Waals surface area contributed by atoms with Gasteiger partial charge in [-0.3, -0.25) is 14.4 Å². The maximum atomic E-state index is 12.7. The fourth-order valence-electron chi connectivity index (χ4n) is 3.56. The summed E-state index contributed by atoms with van der Waals surface area (Å²) >= 11 is 3.46. The summed E-state index contributed by atoms with van der Waals surface area (Å²) in [5, 5.41) is 0. The van der Waals surface area contributed by atoms with Gasteiger partial charge in [-0.05, 0) is 43.5 Å². The third-order valence-corrected chi connectivity index (χ3v) is 6.03. The molecule has 2 N–H and O–H groups in total. The Bertz CT molecular complexity index is 714. The van der Waals surface area contributed by atoms with E-state index in [1.54, 1.807) is 9.80 Å². The molecule has 2 aliphatic rings. The van der Waals surface area contributed by atoms with Gasteiger partial charge < -0.3 is 15.5 Å². The van der Waals surface area contributed by atoms with Crippen LogP contribution in [0.25, 0.3) is 0 Å². The molecule has 0 bridgehead atoms. The Labute approximate surface area is 155 Å². The number of primary amides is 1. The topological polar surface area (TPSA) is 83.7 Å². The molecular weight excluding hydrogens is 386 g/mol. The molecule has 1 aromatic rings. The van der Waals surface area contributed by atoms with Crippen LogP contribution in [0.15, 0.2) is 22.7 Å². The Morgan fingerprint density at radius 1 is 1.20 bits per heavy atom. The van der Waals surface area contributed by atoms with Gasteiger partial charge in [-0.15, -0.1) is 0 Å². The molecule has 25 heavy (non-hydrogen) atoms. The number of benzene rings is 1. The zero-order valence-electron chi connectivity index (χ0n) is 14.2. The molecule has 0 unspecified atom stereocenters. The average molecular weight is 408 g/mol. The number of carbonyl (C=O) groups is 3. The van der Waals surface area contributed by atoms with Crippen molar-refractivity contribution in [3.05, 3.63) is 28.2 Å². The number of hydrogen-bond donors (Lipinski definition) is 1. The fraction of sp³-hybridized carbons (Fsp3) is 0.500. The van der Waals surface area contributed by atoms with Crippen molar-refractivity contribution in [2.75, 3.05) is 24.5 Å². The number of amides is 3. The Balaban J connectivity index is 1.65. The quantitative estimate of drug-likeness (QED) is 0.829. The van der Waals surface area contributed by atoms with E-state index >= 15 is 0 Å². The number of carbonyl (C=O) groups excluding carboxylic acids is 3. The Morgan fingerprint density at radius 2 is 1.88 bits per heavy atom. The van der Waals surface area contributed by atoms with Crippen molar-refractivity contribution in [3.63, 3.8) is 0 Å². The Morgan fingerprint density at radius 3 is 2.48 bits per heavy atom. The molecule has 0 radical (unpaired) electrons. The summed E-state index contributed by atoms with van der Waals surface area (Å²) in [6.45, 7) is 3.46. The molecule has 0 spiro atoms. The van der Waals surface area contributed by atoms with Crippen LogP contribution in [0.4, 0.5) is 5.69 Å². The smallest absolute Gasteiger partial charge is 0.228 e. The number of nitrogens with zero attached hydrogens (tertiary/aromatic N) is 2. The zero-order chi connectivity index (χ0) is 18.1. The summed E-state index contributed by atoms with van der Waals surface area (Å²) in [5.74, 6) is -0.766. The zero-order valence-corrected chi connectivity index (χ0v) is 15.8. The third-order valence-electron chi connectivity index (χ3n) is 5.14. The summed E-state index contributed by atoms with van der Waals surface area (Å²) < 4.78 is 0.993. The van der Waals surface area contributed by atoms with Gasteiger partial charge in [0.05, 0.1) is 5.92 Å². The van der Waals surface area contributed by atoms with Gasteiger partial charge in [0.25, 0.3) is 0 Å². The number of likely N-dealkylation sites (tertiary alicyclic amines) is 1. The van der Waals surface area contributed by atoms with Crippen LogP contribution in [-0.4, -0.2) is 42.3 Å². The van der Waals surface area contributed by atoms with E-state index < -0.39 is 0 Å². The van der Waals surface area contributed by atoms with Crippen LogP contribution in [0.1, 0.15) is 24.8 Å². The van der Waals surface area contributed by atoms with E-state index in [9.17, 15) is 14.4 Å². The summed E-state index contributed by atoms with van der Waals surface area (Å²) in [7, 11) is 0. The maximum Gasteiger partial charge on any atom is 0.228 e. The van der Waals surface area contributed by atoms with Crippen LogP contribution in [0.2, 0.25) is 0 Å². The standard InChI is InChI=1S/C18H22BrN3O3/c1-11-8-14(2-3-15(11)19)22-10-13(9-16(22)23)18(25)21-6-4-12(5-7-21)17(20)24/h2-3,8,12-13H,4-7,9-10H2,1H3,(H2,20,24)/t13-/m1/s1. The lowest BCUT2D eigenvalue weighted by molar-refractivity contribution is -0.138. The van der Waals surface area contributed by atoms with Crippen molar-refractivity contribution in [3.8, 4) is 0 Å². The molecule has 2 fully saturated rings. The average Bonchev–Trinajstić information content (AvgIpc) is 2.98. The predicted molar refractivity (Wildman–Crippen MR) is 97.8 cm³/mol. The molecule has 2 aliphatic heterocycles. The van der Waals surface area contributed by atoms with Gasteiger partial charge >= 0.3 is 0 Å². The van der Waals surface area contributed by atoms with Crippen LogP contribution in [0, 0.1) is 18.8 Å². The number of halogens is 1. The van der Waals surface area contributed by atoms with Crippen LogP contribution in [0.3, 0.4) is 0 Å². The van der Waals surface area contributed by atoms with Gasteiger partial charge in [0.1, 0.15) is 0 Å². The number of nitrogens with two attached hydrogens (primary N) is 1. The minimum atomic E-state index is -0.318. The number of aryl methyl sites for hydroxylation is 1. The van der Waals surface area contributed by atoms with Crippen molar-refractivity contribution in [2.24, 2.45) is 17.6 Å². The lowest BCUT2D eigenvalue weighted by Gasteiger charge is -2.32. The first-order valence-corrected chi connectivity index (χ1v) is 9.30. The van der Waals surface area contributed by atoms with Crippen LogP contribution in [0.5, 0.6) is 0 Å². The van der Waals surface area contributed by atoms with Gasteiger partial charge in [0.15, 0.2) is 0 Å². The van der Waals surface area contributed by atoms with E-state index in [2.05, 4.69) is 15.9 Å². The SMILES string of the molecule is Cc1cc(N2C[C@H](C(=O)N3CCC(C(N)=O)CC3)CC2=O)ccc1Br. The molecule has 6 nitrogen and oxygen atoms in total. The molecular formula is C18H22BrN3O3. The first kappa shape index (κ1) is 17.9. The number of hydrogen-bond acceptors (Lipinski definition) is 3. The highest BCUT2D eigenvalue weighted by molar-refractivity contribution is 9.10. The van der Waals surface area contributed by atoms with E-state index in [4.69, 9.17) is 5.73 Å². The molecule has 1 aromatic carbocycles. The predicted octanol–water partition coefficient (Wildman–Crippen LogP) is 1.83. The maximum absolute atomic E-state index is 12.7. The highest BCUT2D eigenvalue weighted by Gasteiger charge is 2.38. The van der Waals surface area contributed by atoms with Gasteiger partial charge in [0, 0.05) is 42.1 Å². The second kappa shape index (κ2) is 7.15. The van der Waals surface area contributed by atoms with E-state index in [0.29, 0.717) is 32.5 Å². The van der Waals surface area contributed by atoms with Gasteiger partial charge in [0.2, 0.25) is 17.7 Å². The highest BCUT2D eigenvalue weighted by Crippen LogP contribution is 2.30. The summed E-state index contributed by atoms with van der Waals surface area (Å²) in [6.07, 6.45) is 1.46. The molecule has 134 valence electrons. The van der Waals surface area contributed by atoms with Crippen molar-refractivity contribution in [1.82, 2.24) is 4.90 Å². The molecule has 1 atom stereocenters. The van der Waals surface area contributed by atoms with E-state index in [1.807, 2.05) is 25.1 Å². The largest absolute Gasteiger partial charge is 0.369 e. The first-order valence-electron chi connectivity index (χ1n) is 8.51. The van der Waals surface area contributed by atoms with Crippen molar-refractivity contribution < 1.29 is 14.4 Å². The molecule has 0 aromatic heterocycles. The van der Waals surface area contributed by atoms with Crippen LogP contribution >= 0.6 is 15.9 Å². The molecule has 2 saturated heterocycles. The summed E-state index contributed by atoms with van der Waals surface area (Å²) in [5.41, 5.74) is 7.21. The Hall–Kier alpha value is -1.89. The molecule has 3 rings (SSSR count).